The fourth-order valence-corrected chi connectivity index (χ4v) is 2.86. The van der Waals surface area contributed by atoms with Gasteiger partial charge in [-0.05, 0) is 36.6 Å². The van der Waals surface area contributed by atoms with E-state index >= 15 is 0 Å². The van der Waals surface area contributed by atoms with Crippen LogP contribution in [0.4, 0.5) is 5.69 Å². The Kier molecular flexibility index (Phi) is 7.32. The zero-order valence-corrected chi connectivity index (χ0v) is 16.4. The van der Waals surface area contributed by atoms with Gasteiger partial charge in [0.1, 0.15) is 0 Å². The maximum Gasteiger partial charge on any atom is 0.306 e. The zero-order chi connectivity index (χ0) is 20.7. The number of rotatable bonds is 8. The fourth-order valence-electron chi connectivity index (χ4n) is 2.86. The molecule has 2 atom stereocenters. The lowest BCUT2D eigenvalue weighted by Crippen LogP contribution is -2.29. The van der Waals surface area contributed by atoms with Crippen molar-refractivity contribution in [3.05, 3.63) is 65.2 Å². The van der Waals surface area contributed by atoms with Crippen molar-refractivity contribution in [2.45, 2.75) is 39.7 Å². The maximum absolute atomic E-state index is 12.5. The van der Waals surface area contributed by atoms with Gasteiger partial charge in [0, 0.05) is 12.6 Å². The Morgan fingerprint density at radius 3 is 2.14 bits per heavy atom. The summed E-state index contributed by atoms with van der Waals surface area (Å²) in [6, 6.07) is 14.4. The van der Waals surface area contributed by atoms with Crippen LogP contribution >= 0.6 is 0 Å². The van der Waals surface area contributed by atoms with E-state index in [1.54, 1.807) is 31.2 Å². The SMILES string of the molecule is CC(=O)NC(CC(=O)Nc1ccc(CC(C)C(=O)O)cc1)c1ccc(C)cc1. The topological polar surface area (TPSA) is 95.5 Å². The van der Waals surface area contributed by atoms with Crippen LogP contribution in [-0.4, -0.2) is 22.9 Å². The van der Waals surface area contributed by atoms with E-state index in [4.69, 9.17) is 5.11 Å². The molecule has 0 saturated heterocycles. The van der Waals surface area contributed by atoms with Crippen molar-refractivity contribution in [2.24, 2.45) is 5.92 Å². The number of carboxylic acid groups (broad SMARTS) is 1. The number of carbonyl (C=O) groups is 3. The van der Waals surface area contributed by atoms with Gasteiger partial charge in [0.2, 0.25) is 11.8 Å². The number of hydrogen-bond donors (Lipinski definition) is 3. The number of hydrogen-bond acceptors (Lipinski definition) is 3. The van der Waals surface area contributed by atoms with Gasteiger partial charge >= 0.3 is 5.97 Å². The maximum atomic E-state index is 12.5. The number of benzene rings is 2. The second kappa shape index (κ2) is 9.69. The normalized spacial score (nSPS) is 12.7. The van der Waals surface area contributed by atoms with Gasteiger partial charge in [0.25, 0.3) is 0 Å². The third kappa shape index (κ3) is 6.54. The van der Waals surface area contributed by atoms with E-state index in [9.17, 15) is 14.4 Å². The lowest BCUT2D eigenvalue weighted by Gasteiger charge is -2.18. The van der Waals surface area contributed by atoms with E-state index in [1.807, 2.05) is 31.2 Å². The third-order valence-electron chi connectivity index (χ3n) is 4.45. The Balaban J connectivity index is 2.00. The van der Waals surface area contributed by atoms with Crippen LogP contribution in [0.2, 0.25) is 0 Å². The molecule has 0 aliphatic carbocycles. The van der Waals surface area contributed by atoms with Crippen LogP contribution in [-0.2, 0) is 20.8 Å². The predicted octanol–water partition coefficient (Wildman–Crippen LogP) is 3.46. The first-order valence-corrected chi connectivity index (χ1v) is 9.20. The van der Waals surface area contributed by atoms with E-state index in [0.29, 0.717) is 12.1 Å². The molecule has 6 nitrogen and oxygen atoms in total. The summed E-state index contributed by atoms with van der Waals surface area (Å²) in [5, 5.41) is 14.6. The van der Waals surface area contributed by atoms with Crippen molar-refractivity contribution >= 4 is 23.5 Å². The van der Waals surface area contributed by atoms with Crippen molar-refractivity contribution in [2.75, 3.05) is 5.32 Å². The monoisotopic (exact) mass is 382 g/mol. The standard InChI is InChI=1S/C22H26N2O4/c1-14-4-8-18(9-5-14)20(23-16(3)25)13-21(26)24-19-10-6-17(7-11-19)12-15(2)22(27)28/h4-11,15,20H,12-13H2,1-3H3,(H,23,25)(H,24,26)(H,27,28). The number of aryl methyl sites for hydroxylation is 1. The highest BCUT2D eigenvalue weighted by Gasteiger charge is 2.17. The quantitative estimate of drug-likeness (QED) is 0.651. The summed E-state index contributed by atoms with van der Waals surface area (Å²) in [5.74, 6) is -1.72. The molecule has 2 aromatic carbocycles. The van der Waals surface area contributed by atoms with E-state index in [2.05, 4.69) is 10.6 Å². The molecule has 0 saturated carbocycles. The summed E-state index contributed by atoms with van der Waals surface area (Å²) in [6.07, 6.45) is 0.544. The fraction of sp³-hybridized carbons (Fsp3) is 0.318. The minimum atomic E-state index is -0.836. The van der Waals surface area contributed by atoms with Crippen LogP contribution < -0.4 is 10.6 Å². The largest absolute Gasteiger partial charge is 0.481 e. The Labute approximate surface area is 165 Å². The summed E-state index contributed by atoms with van der Waals surface area (Å²) < 4.78 is 0. The molecule has 28 heavy (non-hydrogen) atoms. The summed E-state index contributed by atoms with van der Waals surface area (Å²) in [7, 11) is 0. The van der Waals surface area contributed by atoms with Gasteiger partial charge in [-0.25, -0.2) is 0 Å². The second-order valence-corrected chi connectivity index (χ2v) is 7.06. The molecule has 0 heterocycles. The molecule has 6 heteroatoms. The summed E-state index contributed by atoms with van der Waals surface area (Å²) >= 11 is 0. The number of carboxylic acids is 1. The minimum Gasteiger partial charge on any atom is -0.481 e. The van der Waals surface area contributed by atoms with Crippen LogP contribution in [0.1, 0.15) is 43.0 Å². The average molecular weight is 382 g/mol. The Hall–Kier alpha value is -3.15. The van der Waals surface area contributed by atoms with Crippen LogP contribution in [0.25, 0.3) is 0 Å². The molecule has 0 fully saturated rings. The molecule has 2 rings (SSSR count). The minimum absolute atomic E-state index is 0.112. The highest BCUT2D eigenvalue weighted by molar-refractivity contribution is 5.91. The molecular formula is C22H26N2O4. The van der Waals surface area contributed by atoms with Crippen molar-refractivity contribution in [1.29, 1.82) is 0 Å². The van der Waals surface area contributed by atoms with Crippen LogP contribution in [0.3, 0.4) is 0 Å². The van der Waals surface area contributed by atoms with Gasteiger partial charge in [0.15, 0.2) is 0 Å². The third-order valence-corrected chi connectivity index (χ3v) is 4.45. The van der Waals surface area contributed by atoms with Crippen molar-refractivity contribution in [3.63, 3.8) is 0 Å². The summed E-state index contributed by atoms with van der Waals surface area (Å²) in [4.78, 5) is 34.9. The molecule has 3 N–H and O–H groups in total. The number of aliphatic carboxylic acids is 1. The lowest BCUT2D eigenvalue weighted by atomic mass is 10.0. The Morgan fingerprint density at radius 2 is 1.61 bits per heavy atom. The molecule has 0 aliphatic heterocycles. The second-order valence-electron chi connectivity index (χ2n) is 7.06. The zero-order valence-electron chi connectivity index (χ0n) is 16.4. The van der Waals surface area contributed by atoms with Gasteiger partial charge in [-0.3, -0.25) is 14.4 Å². The van der Waals surface area contributed by atoms with E-state index in [-0.39, 0.29) is 18.2 Å². The smallest absolute Gasteiger partial charge is 0.306 e. The average Bonchev–Trinajstić information content (AvgIpc) is 2.63. The molecule has 0 radical (unpaired) electrons. The van der Waals surface area contributed by atoms with Gasteiger partial charge in [-0.1, -0.05) is 48.9 Å². The molecule has 0 aliphatic rings. The molecule has 2 unspecified atom stereocenters. The Morgan fingerprint density at radius 1 is 1.00 bits per heavy atom. The number of carbonyl (C=O) groups excluding carboxylic acids is 2. The van der Waals surface area contributed by atoms with E-state index in [1.165, 1.54) is 6.92 Å². The predicted molar refractivity (Wildman–Crippen MR) is 108 cm³/mol. The lowest BCUT2D eigenvalue weighted by molar-refractivity contribution is -0.141. The molecule has 148 valence electrons. The summed E-state index contributed by atoms with van der Waals surface area (Å²) in [5.41, 5.74) is 3.49. The van der Waals surface area contributed by atoms with Crippen LogP contribution in [0.5, 0.6) is 0 Å². The molecular weight excluding hydrogens is 356 g/mol. The van der Waals surface area contributed by atoms with E-state index in [0.717, 1.165) is 16.7 Å². The first kappa shape index (κ1) is 21.2. The molecule has 0 aromatic heterocycles. The number of anilines is 1. The van der Waals surface area contributed by atoms with E-state index < -0.39 is 17.9 Å². The Bertz CT molecular complexity index is 829. The van der Waals surface area contributed by atoms with Crippen LogP contribution in [0, 0.1) is 12.8 Å². The van der Waals surface area contributed by atoms with Crippen LogP contribution in [0.15, 0.2) is 48.5 Å². The number of amides is 2. The highest BCUT2D eigenvalue weighted by atomic mass is 16.4. The number of nitrogens with one attached hydrogen (secondary N) is 2. The van der Waals surface area contributed by atoms with Gasteiger partial charge in [0.05, 0.1) is 18.4 Å². The highest BCUT2D eigenvalue weighted by Crippen LogP contribution is 2.19. The first-order chi connectivity index (χ1) is 13.2. The molecule has 0 bridgehead atoms. The van der Waals surface area contributed by atoms with Gasteiger partial charge < -0.3 is 15.7 Å². The van der Waals surface area contributed by atoms with Gasteiger partial charge in [-0.15, -0.1) is 0 Å². The van der Waals surface area contributed by atoms with Crippen molar-refractivity contribution < 1.29 is 19.5 Å². The molecule has 0 spiro atoms. The van der Waals surface area contributed by atoms with Crippen molar-refractivity contribution in [3.8, 4) is 0 Å². The molecule has 2 aromatic rings. The van der Waals surface area contributed by atoms with Crippen molar-refractivity contribution in [1.82, 2.24) is 5.32 Å². The summed E-state index contributed by atoms with van der Waals surface area (Å²) in [6.45, 7) is 5.06. The van der Waals surface area contributed by atoms with Gasteiger partial charge in [-0.2, -0.15) is 0 Å². The molecule has 2 amide bonds. The first-order valence-electron chi connectivity index (χ1n) is 9.20.